The summed E-state index contributed by atoms with van der Waals surface area (Å²) in [5.41, 5.74) is 1.41. The third-order valence-corrected chi connectivity index (χ3v) is 9.67. The average molecular weight is 637 g/mol. The van der Waals surface area contributed by atoms with Crippen molar-refractivity contribution in [1.29, 1.82) is 0 Å². The number of aromatic nitrogens is 3. The molecule has 45 heavy (non-hydrogen) atoms. The van der Waals surface area contributed by atoms with Crippen LogP contribution in [0.5, 0.6) is 5.75 Å². The van der Waals surface area contributed by atoms with Gasteiger partial charge < -0.3 is 30.1 Å². The molecule has 3 heterocycles. The second-order valence-corrected chi connectivity index (χ2v) is 14.7. The number of rotatable bonds is 8. The molecular weight excluding hydrogens is 596 g/mol. The fraction of sp³-hybridized carbons (Fsp3) is 0.406. The number of fused-ring (bicyclic) bond motifs is 1. The molecule has 0 unspecified atom stereocenters. The van der Waals surface area contributed by atoms with Crippen LogP contribution in [0.2, 0.25) is 0 Å². The van der Waals surface area contributed by atoms with Crippen LogP contribution < -0.4 is 20.3 Å². The van der Waals surface area contributed by atoms with E-state index >= 15 is 0 Å². The molecule has 0 saturated carbocycles. The van der Waals surface area contributed by atoms with E-state index in [2.05, 4.69) is 20.5 Å². The minimum Gasteiger partial charge on any atom is -0.494 e. The van der Waals surface area contributed by atoms with E-state index in [0.29, 0.717) is 41.2 Å². The molecule has 3 N–H and O–H groups in total. The maximum atomic E-state index is 13.2. The highest BCUT2D eigenvalue weighted by Gasteiger charge is 2.25. The van der Waals surface area contributed by atoms with Gasteiger partial charge in [0.2, 0.25) is 5.95 Å². The number of methoxy groups -OCH3 is 1. The number of benzene rings is 2. The molecule has 0 bridgehead atoms. The summed E-state index contributed by atoms with van der Waals surface area (Å²) in [7, 11) is -2.06. The van der Waals surface area contributed by atoms with E-state index in [1.807, 2.05) is 18.2 Å². The summed E-state index contributed by atoms with van der Waals surface area (Å²) in [4.78, 5) is 24.9. The molecule has 1 saturated heterocycles. The van der Waals surface area contributed by atoms with Crippen LogP contribution in [-0.4, -0.2) is 71.3 Å². The van der Waals surface area contributed by atoms with Crippen LogP contribution >= 0.6 is 0 Å². The van der Waals surface area contributed by atoms with Crippen LogP contribution in [0, 0.1) is 0 Å². The van der Waals surface area contributed by atoms with E-state index in [1.165, 1.54) is 4.57 Å². The zero-order chi connectivity index (χ0) is 32.5. The Bertz CT molecular complexity index is 1810. The smallest absolute Gasteiger partial charge is 0.420 e. The number of aliphatic hydroxyl groups is 1. The fourth-order valence-electron chi connectivity index (χ4n) is 5.05. The number of carbonyl (C=O) groups excluding carboxylic acids is 1. The van der Waals surface area contributed by atoms with Gasteiger partial charge >= 0.3 is 6.09 Å². The number of nitrogens with zero attached hydrogens (tertiary/aromatic N) is 4. The molecule has 4 aromatic rings. The number of aliphatic hydroxyl groups excluding tert-OH is 1. The highest BCUT2D eigenvalue weighted by molar-refractivity contribution is 7.92. The second-order valence-electron chi connectivity index (χ2n) is 12.2. The van der Waals surface area contributed by atoms with Gasteiger partial charge in [0.1, 0.15) is 17.2 Å². The SMILES string of the molecule is COc1cc(N2CCC(O)CC2)ccc1Nc1nc(Nc2ccccc2S(=O)(=O)C(C)C)c2ccn(C(=O)OC(C)(C)C)c2n1. The monoisotopic (exact) mass is 636 g/mol. The molecule has 0 atom stereocenters. The Labute approximate surface area is 263 Å². The van der Waals surface area contributed by atoms with E-state index in [4.69, 9.17) is 14.5 Å². The van der Waals surface area contributed by atoms with Crippen LogP contribution in [0.25, 0.3) is 11.0 Å². The Morgan fingerprint density at radius 3 is 2.40 bits per heavy atom. The first kappa shape index (κ1) is 32.0. The summed E-state index contributed by atoms with van der Waals surface area (Å²) in [6.45, 7) is 10.1. The molecule has 2 aromatic carbocycles. The normalized spacial score (nSPS) is 14.5. The standard InChI is InChI=1S/C32H40N6O6S/c1-20(2)45(41,42)27-10-8-7-9-25(27)33-28-23-15-18-38(31(40)44-32(3,4)5)29(23)36-30(35-28)34-24-12-11-21(19-26(24)43-6)37-16-13-22(39)14-17-37/h7-12,15,18-20,22,39H,13-14,16-17H2,1-6H3,(H2,33,34,35,36). The average Bonchev–Trinajstić information content (AvgIpc) is 3.42. The van der Waals surface area contributed by atoms with E-state index in [-0.39, 0.29) is 22.6 Å². The van der Waals surface area contributed by atoms with E-state index in [0.717, 1.165) is 18.8 Å². The molecule has 1 aliphatic rings. The molecule has 5 rings (SSSR count). The lowest BCUT2D eigenvalue weighted by Crippen LogP contribution is -2.35. The largest absolute Gasteiger partial charge is 0.494 e. The van der Waals surface area contributed by atoms with Gasteiger partial charge in [0.25, 0.3) is 0 Å². The molecule has 0 spiro atoms. The second kappa shape index (κ2) is 12.6. The number of nitrogens with one attached hydrogen (secondary N) is 2. The van der Waals surface area contributed by atoms with Crippen molar-refractivity contribution in [3.8, 4) is 5.75 Å². The van der Waals surface area contributed by atoms with Crippen molar-refractivity contribution in [3.63, 3.8) is 0 Å². The number of ether oxygens (including phenoxy) is 2. The highest BCUT2D eigenvalue weighted by Crippen LogP contribution is 2.35. The number of anilines is 5. The Kier molecular flexibility index (Phi) is 8.95. The molecule has 12 nitrogen and oxygen atoms in total. The fourth-order valence-corrected chi connectivity index (χ4v) is 6.25. The lowest BCUT2D eigenvalue weighted by atomic mass is 10.1. The van der Waals surface area contributed by atoms with Crippen LogP contribution in [0.1, 0.15) is 47.5 Å². The summed E-state index contributed by atoms with van der Waals surface area (Å²) < 4.78 is 39.0. The van der Waals surface area contributed by atoms with Gasteiger partial charge in [-0.25, -0.2) is 17.8 Å². The van der Waals surface area contributed by atoms with Gasteiger partial charge in [-0.1, -0.05) is 12.1 Å². The number of carbonyl (C=O) groups is 1. The zero-order valence-electron chi connectivity index (χ0n) is 26.4. The lowest BCUT2D eigenvalue weighted by molar-refractivity contribution is 0.0543. The van der Waals surface area contributed by atoms with Gasteiger partial charge in [0.05, 0.1) is 40.1 Å². The molecule has 1 fully saturated rings. The van der Waals surface area contributed by atoms with Crippen molar-refractivity contribution in [2.24, 2.45) is 0 Å². The van der Waals surface area contributed by atoms with Crippen LogP contribution in [0.4, 0.5) is 33.6 Å². The van der Waals surface area contributed by atoms with E-state index in [1.54, 1.807) is 78.3 Å². The molecule has 0 radical (unpaired) electrons. The minimum atomic E-state index is -3.63. The molecule has 240 valence electrons. The molecule has 13 heteroatoms. The van der Waals surface area contributed by atoms with Crippen molar-refractivity contribution in [2.75, 3.05) is 35.7 Å². The molecule has 0 amide bonds. The third kappa shape index (κ3) is 6.99. The topological polar surface area (TPSA) is 148 Å². The van der Waals surface area contributed by atoms with Gasteiger partial charge in [0, 0.05) is 31.0 Å². The summed E-state index contributed by atoms with van der Waals surface area (Å²) in [6.07, 6.45) is 2.04. The minimum absolute atomic E-state index is 0.135. The van der Waals surface area contributed by atoms with Crippen molar-refractivity contribution in [1.82, 2.24) is 14.5 Å². The number of hydrogen-bond donors (Lipinski definition) is 3. The first-order valence-electron chi connectivity index (χ1n) is 14.9. The van der Waals surface area contributed by atoms with Crippen molar-refractivity contribution >= 4 is 55.8 Å². The van der Waals surface area contributed by atoms with Crippen molar-refractivity contribution < 1.29 is 27.8 Å². The molecule has 0 aliphatic carbocycles. The number of piperidine rings is 1. The van der Waals surface area contributed by atoms with Crippen molar-refractivity contribution in [3.05, 3.63) is 54.7 Å². The maximum Gasteiger partial charge on any atom is 0.420 e. The summed E-state index contributed by atoms with van der Waals surface area (Å²) in [5, 5.41) is 16.2. The first-order valence-corrected chi connectivity index (χ1v) is 16.4. The quantitative estimate of drug-likeness (QED) is 0.214. The Morgan fingerprint density at radius 2 is 1.73 bits per heavy atom. The number of sulfone groups is 1. The number of para-hydroxylation sites is 1. The molecule has 1 aliphatic heterocycles. The highest BCUT2D eigenvalue weighted by atomic mass is 32.2. The van der Waals surface area contributed by atoms with Gasteiger partial charge in [-0.3, -0.25) is 0 Å². The summed E-state index contributed by atoms with van der Waals surface area (Å²) in [6, 6.07) is 14.0. The van der Waals surface area contributed by atoms with Gasteiger partial charge in [-0.15, -0.1) is 0 Å². The zero-order valence-corrected chi connectivity index (χ0v) is 27.2. The Morgan fingerprint density at radius 1 is 1.02 bits per heavy atom. The lowest BCUT2D eigenvalue weighted by Gasteiger charge is -2.31. The van der Waals surface area contributed by atoms with Crippen LogP contribution in [-0.2, 0) is 14.6 Å². The van der Waals surface area contributed by atoms with E-state index in [9.17, 15) is 18.3 Å². The molecule has 2 aromatic heterocycles. The maximum absolute atomic E-state index is 13.2. The summed E-state index contributed by atoms with van der Waals surface area (Å²) >= 11 is 0. The van der Waals surface area contributed by atoms with E-state index < -0.39 is 26.8 Å². The number of hydrogen-bond acceptors (Lipinski definition) is 11. The third-order valence-electron chi connectivity index (χ3n) is 7.46. The predicted octanol–water partition coefficient (Wildman–Crippen LogP) is 5.85. The van der Waals surface area contributed by atoms with Crippen molar-refractivity contribution in [2.45, 2.75) is 69.3 Å². The first-order chi connectivity index (χ1) is 21.3. The Balaban J connectivity index is 1.57. The Hall–Kier alpha value is -4.36. The molecular formula is C32H40N6O6S. The van der Waals surface area contributed by atoms with Gasteiger partial charge in [-0.05, 0) is 77.8 Å². The predicted molar refractivity (Wildman–Crippen MR) is 175 cm³/mol. The summed E-state index contributed by atoms with van der Waals surface area (Å²) in [5.74, 6) is 0.983. The van der Waals surface area contributed by atoms with Crippen LogP contribution in [0.3, 0.4) is 0 Å². The van der Waals surface area contributed by atoms with Gasteiger partial charge in [0.15, 0.2) is 15.5 Å². The van der Waals surface area contributed by atoms with Gasteiger partial charge in [-0.2, -0.15) is 9.97 Å². The van der Waals surface area contributed by atoms with Crippen LogP contribution in [0.15, 0.2) is 59.6 Å².